The third kappa shape index (κ3) is 1.81. The molecule has 1 unspecified atom stereocenters. The van der Waals surface area contributed by atoms with Gasteiger partial charge in [-0.05, 0) is 56.3 Å². The summed E-state index contributed by atoms with van der Waals surface area (Å²) in [5.41, 5.74) is 7.24. The van der Waals surface area contributed by atoms with Crippen LogP contribution in [-0.2, 0) is 0 Å². The van der Waals surface area contributed by atoms with Gasteiger partial charge in [0.2, 0.25) is 0 Å². The largest absolute Gasteiger partial charge is 0.324 e. The van der Waals surface area contributed by atoms with E-state index in [1.54, 1.807) is 0 Å². The summed E-state index contributed by atoms with van der Waals surface area (Å²) in [4.78, 5) is 0. The second kappa shape index (κ2) is 4.33. The van der Waals surface area contributed by atoms with Crippen LogP contribution in [0.5, 0.6) is 0 Å². The van der Waals surface area contributed by atoms with E-state index in [0.29, 0.717) is 0 Å². The molecule has 0 aromatic carbocycles. The highest BCUT2D eigenvalue weighted by molar-refractivity contribution is 5.07. The molecule has 3 rings (SSSR count). The molecule has 0 heterocycles. The van der Waals surface area contributed by atoms with Gasteiger partial charge in [-0.15, -0.1) is 0 Å². The summed E-state index contributed by atoms with van der Waals surface area (Å²) in [6.07, 6.45) is 15.9. The molecule has 3 aliphatic rings. The van der Waals surface area contributed by atoms with Crippen molar-refractivity contribution in [2.75, 3.05) is 0 Å². The molecule has 0 aromatic rings. The highest BCUT2D eigenvalue weighted by Gasteiger charge is 2.52. The molecular formula is C15H27N. The fourth-order valence-corrected chi connectivity index (χ4v) is 4.61. The molecule has 1 heteroatoms. The Morgan fingerprint density at radius 2 is 0.938 bits per heavy atom. The molecule has 92 valence electrons. The smallest absolute Gasteiger partial charge is 0.0240 e. The molecule has 2 N–H and O–H groups in total. The van der Waals surface area contributed by atoms with Gasteiger partial charge in [-0.1, -0.05) is 32.1 Å². The van der Waals surface area contributed by atoms with Gasteiger partial charge in [0.15, 0.2) is 0 Å². The van der Waals surface area contributed by atoms with Gasteiger partial charge in [-0.25, -0.2) is 0 Å². The average molecular weight is 221 g/mol. The molecule has 3 saturated carbocycles. The molecule has 1 atom stereocenters. The lowest BCUT2D eigenvalue weighted by Crippen LogP contribution is -2.55. The summed E-state index contributed by atoms with van der Waals surface area (Å²) in [6.45, 7) is 0. The van der Waals surface area contributed by atoms with Gasteiger partial charge in [0, 0.05) is 5.54 Å². The van der Waals surface area contributed by atoms with Crippen LogP contribution in [-0.4, -0.2) is 5.54 Å². The van der Waals surface area contributed by atoms with E-state index in [1.165, 1.54) is 70.6 Å². The van der Waals surface area contributed by atoms with Gasteiger partial charge in [0.1, 0.15) is 0 Å². The number of hydrogen-bond donors (Lipinski definition) is 1. The summed E-state index contributed by atoms with van der Waals surface area (Å²) in [7, 11) is 0. The highest BCUT2D eigenvalue weighted by atomic mass is 14.8. The van der Waals surface area contributed by atoms with E-state index in [1.807, 2.05) is 0 Å². The Morgan fingerprint density at radius 3 is 1.38 bits per heavy atom. The van der Waals surface area contributed by atoms with E-state index in [2.05, 4.69) is 0 Å². The first-order valence-electron chi connectivity index (χ1n) is 7.60. The molecule has 0 saturated heterocycles. The van der Waals surface area contributed by atoms with Crippen LogP contribution in [0.2, 0.25) is 0 Å². The lowest BCUT2D eigenvalue weighted by Gasteiger charge is -2.45. The standard InChI is InChI=1S/C15H27N/c16-15(14-10-11-14,13-8-4-5-9-13)12-6-2-1-3-7-12/h12-14H,1-11,16H2. The van der Waals surface area contributed by atoms with E-state index in [-0.39, 0.29) is 5.54 Å². The van der Waals surface area contributed by atoms with Crippen molar-refractivity contribution >= 4 is 0 Å². The van der Waals surface area contributed by atoms with E-state index in [0.717, 1.165) is 17.8 Å². The van der Waals surface area contributed by atoms with Crippen LogP contribution in [0.3, 0.4) is 0 Å². The first kappa shape index (κ1) is 11.1. The van der Waals surface area contributed by atoms with E-state index in [9.17, 15) is 0 Å². The summed E-state index contributed by atoms with van der Waals surface area (Å²) < 4.78 is 0. The average Bonchev–Trinajstić information content (AvgIpc) is 3.05. The van der Waals surface area contributed by atoms with E-state index < -0.39 is 0 Å². The van der Waals surface area contributed by atoms with Crippen LogP contribution < -0.4 is 5.73 Å². The zero-order valence-electron chi connectivity index (χ0n) is 10.6. The number of hydrogen-bond acceptors (Lipinski definition) is 1. The quantitative estimate of drug-likeness (QED) is 0.769. The molecule has 3 fully saturated rings. The minimum atomic E-state index is 0.261. The van der Waals surface area contributed by atoms with Crippen molar-refractivity contribution in [3.05, 3.63) is 0 Å². The van der Waals surface area contributed by atoms with Gasteiger partial charge in [0.05, 0.1) is 0 Å². The summed E-state index contributed by atoms with van der Waals surface area (Å²) in [5.74, 6) is 2.65. The molecule has 1 nitrogen and oxygen atoms in total. The predicted molar refractivity (Wildman–Crippen MR) is 68.2 cm³/mol. The van der Waals surface area contributed by atoms with E-state index in [4.69, 9.17) is 5.73 Å². The zero-order chi connectivity index (χ0) is 11.0. The van der Waals surface area contributed by atoms with Gasteiger partial charge in [-0.3, -0.25) is 0 Å². The van der Waals surface area contributed by atoms with Crippen molar-refractivity contribution in [3.63, 3.8) is 0 Å². The molecule has 0 radical (unpaired) electrons. The fourth-order valence-electron chi connectivity index (χ4n) is 4.61. The van der Waals surface area contributed by atoms with Crippen LogP contribution in [0.4, 0.5) is 0 Å². The fraction of sp³-hybridized carbons (Fsp3) is 1.00. The van der Waals surface area contributed by atoms with Crippen LogP contribution in [0, 0.1) is 17.8 Å². The number of nitrogens with two attached hydrogens (primary N) is 1. The van der Waals surface area contributed by atoms with Crippen molar-refractivity contribution in [2.45, 2.75) is 76.2 Å². The maximum absolute atomic E-state index is 6.98. The van der Waals surface area contributed by atoms with Gasteiger partial charge >= 0.3 is 0 Å². The second-order valence-electron chi connectivity index (χ2n) is 6.59. The Balaban J connectivity index is 1.77. The lowest BCUT2D eigenvalue weighted by molar-refractivity contribution is 0.112. The van der Waals surface area contributed by atoms with Gasteiger partial charge in [0.25, 0.3) is 0 Å². The van der Waals surface area contributed by atoms with Crippen molar-refractivity contribution < 1.29 is 0 Å². The topological polar surface area (TPSA) is 26.0 Å². The molecule has 0 amide bonds. The summed E-state index contributed by atoms with van der Waals surface area (Å²) in [6, 6.07) is 0. The Hall–Kier alpha value is -0.0400. The Labute approximate surface area is 100 Å². The predicted octanol–water partition coefficient (Wildman–Crippen LogP) is 3.86. The molecule has 0 spiro atoms. The molecule has 0 aliphatic heterocycles. The van der Waals surface area contributed by atoms with Crippen LogP contribution in [0.1, 0.15) is 70.6 Å². The second-order valence-corrected chi connectivity index (χ2v) is 6.59. The third-order valence-corrected chi connectivity index (χ3v) is 5.66. The normalized spacial score (nSPS) is 32.8. The van der Waals surface area contributed by atoms with Crippen LogP contribution >= 0.6 is 0 Å². The monoisotopic (exact) mass is 221 g/mol. The zero-order valence-corrected chi connectivity index (χ0v) is 10.6. The maximum atomic E-state index is 6.98. The van der Waals surface area contributed by atoms with Crippen molar-refractivity contribution in [2.24, 2.45) is 23.5 Å². The van der Waals surface area contributed by atoms with Crippen LogP contribution in [0.15, 0.2) is 0 Å². The maximum Gasteiger partial charge on any atom is 0.0240 e. The van der Waals surface area contributed by atoms with Crippen molar-refractivity contribution in [1.29, 1.82) is 0 Å². The first-order valence-corrected chi connectivity index (χ1v) is 7.60. The molecule has 3 aliphatic carbocycles. The minimum Gasteiger partial charge on any atom is -0.324 e. The van der Waals surface area contributed by atoms with Crippen molar-refractivity contribution in [3.8, 4) is 0 Å². The Bertz CT molecular complexity index is 234. The molecule has 0 bridgehead atoms. The Kier molecular flexibility index (Phi) is 2.99. The minimum absolute atomic E-state index is 0.261. The summed E-state index contributed by atoms with van der Waals surface area (Å²) in [5, 5.41) is 0. The molecular weight excluding hydrogens is 194 g/mol. The van der Waals surface area contributed by atoms with Gasteiger partial charge < -0.3 is 5.73 Å². The van der Waals surface area contributed by atoms with Crippen molar-refractivity contribution in [1.82, 2.24) is 0 Å². The SMILES string of the molecule is NC(C1CCCCC1)(C1CCCC1)C1CC1. The van der Waals surface area contributed by atoms with Crippen LogP contribution in [0.25, 0.3) is 0 Å². The van der Waals surface area contributed by atoms with Gasteiger partial charge in [-0.2, -0.15) is 0 Å². The molecule has 16 heavy (non-hydrogen) atoms. The lowest BCUT2D eigenvalue weighted by atomic mass is 9.65. The Morgan fingerprint density at radius 1 is 0.562 bits per heavy atom. The first-order chi connectivity index (χ1) is 7.82. The number of rotatable bonds is 3. The molecule has 0 aromatic heterocycles. The third-order valence-electron chi connectivity index (χ3n) is 5.66. The highest BCUT2D eigenvalue weighted by Crippen LogP contribution is 2.53. The van der Waals surface area contributed by atoms with E-state index >= 15 is 0 Å². The summed E-state index contributed by atoms with van der Waals surface area (Å²) >= 11 is 0.